The second-order valence-corrected chi connectivity index (χ2v) is 5.27. The second kappa shape index (κ2) is 5.96. The molecule has 0 aromatic carbocycles. The van der Waals surface area contributed by atoms with Gasteiger partial charge in [0.2, 0.25) is 5.16 Å². The largest absolute Gasteiger partial charge is 0.370 e. The van der Waals surface area contributed by atoms with Crippen LogP contribution in [0.4, 0.5) is 5.82 Å². The number of tetrazole rings is 1. The fourth-order valence-electron chi connectivity index (χ4n) is 1.68. The number of nitrogens with one attached hydrogen (secondary N) is 1. The van der Waals surface area contributed by atoms with Crippen molar-refractivity contribution in [3.63, 3.8) is 0 Å². The van der Waals surface area contributed by atoms with Crippen LogP contribution in [0, 0.1) is 0 Å². The maximum absolute atomic E-state index is 4.36. The predicted octanol–water partition coefficient (Wildman–Crippen LogP) is 1.71. The van der Waals surface area contributed by atoms with Crippen molar-refractivity contribution in [2.75, 3.05) is 11.9 Å². The van der Waals surface area contributed by atoms with Crippen molar-refractivity contribution in [3.05, 3.63) is 11.9 Å². The minimum Gasteiger partial charge on any atom is -0.370 e. The summed E-state index contributed by atoms with van der Waals surface area (Å²) in [6, 6.07) is 0. The lowest BCUT2D eigenvalue weighted by Gasteiger charge is -2.15. The fraction of sp³-hybridized carbons (Fsp3) is 0.545. The minimum absolute atomic E-state index is 0.318. The van der Waals surface area contributed by atoms with Crippen molar-refractivity contribution >= 4 is 17.6 Å². The zero-order valence-corrected chi connectivity index (χ0v) is 12.3. The molecule has 2 heterocycles. The minimum atomic E-state index is 0.318. The fourth-order valence-corrected chi connectivity index (χ4v) is 2.64. The maximum atomic E-state index is 4.36. The molecule has 2 aromatic heterocycles. The summed E-state index contributed by atoms with van der Waals surface area (Å²) in [5, 5.41) is 16.3. The lowest BCUT2D eigenvalue weighted by Crippen LogP contribution is -2.07. The average molecular weight is 279 g/mol. The van der Waals surface area contributed by atoms with E-state index in [0.717, 1.165) is 23.0 Å². The Balaban J connectivity index is 2.39. The van der Waals surface area contributed by atoms with E-state index < -0.39 is 0 Å². The number of hydrogen-bond donors (Lipinski definition) is 1. The van der Waals surface area contributed by atoms with Crippen molar-refractivity contribution in [3.8, 4) is 0 Å². The molecule has 1 N–H and O–H groups in total. The zero-order chi connectivity index (χ0) is 13.8. The Morgan fingerprint density at radius 2 is 2.16 bits per heavy atom. The molecule has 0 amide bonds. The summed E-state index contributed by atoms with van der Waals surface area (Å²) in [5.74, 6) is 1.20. The molecule has 0 atom stereocenters. The van der Waals surface area contributed by atoms with E-state index >= 15 is 0 Å². The number of aromatic nitrogens is 6. The molecule has 8 heteroatoms. The van der Waals surface area contributed by atoms with Gasteiger partial charge in [-0.25, -0.2) is 14.6 Å². The van der Waals surface area contributed by atoms with Crippen LogP contribution >= 0.6 is 11.8 Å². The highest BCUT2D eigenvalue weighted by molar-refractivity contribution is 7.99. The van der Waals surface area contributed by atoms with E-state index in [1.54, 1.807) is 11.0 Å². The van der Waals surface area contributed by atoms with Gasteiger partial charge in [-0.05, 0) is 35.0 Å². The van der Waals surface area contributed by atoms with E-state index in [1.165, 1.54) is 11.8 Å². The first kappa shape index (κ1) is 13.7. The van der Waals surface area contributed by atoms with Gasteiger partial charge in [-0.15, -0.1) is 5.10 Å². The summed E-state index contributed by atoms with van der Waals surface area (Å²) < 4.78 is 1.63. The van der Waals surface area contributed by atoms with Gasteiger partial charge in [0.15, 0.2) is 0 Å². The van der Waals surface area contributed by atoms with Crippen LogP contribution in [0.1, 0.15) is 32.3 Å². The first-order valence-electron chi connectivity index (χ1n) is 6.12. The third-order valence-corrected chi connectivity index (χ3v) is 3.59. The third kappa shape index (κ3) is 3.01. The van der Waals surface area contributed by atoms with E-state index in [0.29, 0.717) is 11.1 Å². The van der Waals surface area contributed by atoms with E-state index in [4.69, 9.17) is 0 Å². The third-order valence-electron chi connectivity index (χ3n) is 2.54. The zero-order valence-electron chi connectivity index (χ0n) is 11.5. The lowest BCUT2D eigenvalue weighted by atomic mass is 10.1. The predicted molar refractivity (Wildman–Crippen MR) is 73.2 cm³/mol. The standard InChI is InChI=1S/C11H17N7S/c1-5-12-9-8(7(2)3)10(14-6-13-9)19-11-15-16-17-18(11)4/h6-7H,5H2,1-4H3,(H,12,13,14). The molecule has 0 saturated heterocycles. The highest BCUT2D eigenvalue weighted by Crippen LogP contribution is 2.33. The van der Waals surface area contributed by atoms with Gasteiger partial charge in [-0.1, -0.05) is 13.8 Å². The van der Waals surface area contributed by atoms with Crippen molar-refractivity contribution in [1.82, 2.24) is 30.2 Å². The summed E-state index contributed by atoms with van der Waals surface area (Å²) >= 11 is 1.45. The van der Waals surface area contributed by atoms with Gasteiger partial charge in [0.25, 0.3) is 0 Å². The van der Waals surface area contributed by atoms with Crippen LogP contribution in [0.15, 0.2) is 16.5 Å². The van der Waals surface area contributed by atoms with Crippen LogP contribution in [0.3, 0.4) is 0 Å². The van der Waals surface area contributed by atoms with Crippen molar-refractivity contribution < 1.29 is 0 Å². The molecule has 7 nitrogen and oxygen atoms in total. The highest BCUT2D eigenvalue weighted by atomic mass is 32.2. The molecule has 2 aromatic rings. The average Bonchev–Trinajstić information content (AvgIpc) is 2.75. The van der Waals surface area contributed by atoms with Crippen LogP contribution in [-0.4, -0.2) is 36.7 Å². The summed E-state index contributed by atoms with van der Waals surface area (Å²) in [6.07, 6.45) is 1.57. The van der Waals surface area contributed by atoms with Crippen LogP contribution < -0.4 is 5.32 Å². The van der Waals surface area contributed by atoms with Gasteiger partial charge in [0.05, 0.1) is 0 Å². The smallest absolute Gasteiger partial charge is 0.215 e. The molecule has 2 rings (SSSR count). The van der Waals surface area contributed by atoms with Crippen LogP contribution in [-0.2, 0) is 7.05 Å². The molecule has 0 unspecified atom stereocenters. The Morgan fingerprint density at radius 1 is 1.37 bits per heavy atom. The van der Waals surface area contributed by atoms with Crippen LogP contribution in [0.5, 0.6) is 0 Å². The Hall–Kier alpha value is -1.70. The molecule has 0 radical (unpaired) electrons. The first-order chi connectivity index (χ1) is 9.13. The van der Waals surface area contributed by atoms with Gasteiger partial charge in [-0.3, -0.25) is 0 Å². The summed E-state index contributed by atoms with van der Waals surface area (Å²) in [6.45, 7) is 7.12. The molecule has 0 saturated carbocycles. The van der Waals surface area contributed by atoms with E-state index in [2.05, 4.69) is 44.7 Å². The lowest BCUT2D eigenvalue weighted by molar-refractivity contribution is 0.663. The molecule has 19 heavy (non-hydrogen) atoms. The number of aryl methyl sites for hydroxylation is 1. The Labute approximate surface area is 116 Å². The summed E-state index contributed by atoms with van der Waals surface area (Å²) in [4.78, 5) is 8.67. The van der Waals surface area contributed by atoms with Gasteiger partial charge in [-0.2, -0.15) is 0 Å². The Bertz CT molecular complexity index is 552. The monoisotopic (exact) mass is 279 g/mol. The molecule has 0 aliphatic carbocycles. The molecular formula is C11H17N7S. The summed E-state index contributed by atoms with van der Waals surface area (Å²) in [5.41, 5.74) is 1.09. The molecule has 0 fully saturated rings. The van der Waals surface area contributed by atoms with E-state index in [9.17, 15) is 0 Å². The molecular weight excluding hydrogens is 262 g/mol. The first-order valence-corrected chi connectivity index (χ1v) is 6.94. The highest BCUT2D eigenvalue weighted by Gasteiger charge is 2.17. The maximum Gasteiger partial charge on any atom is 0.215 e. The summed E-state index contributed by atoms with van der Waals surface area (Å²) in [7, 11) is 1.81. The van der Waals surface area contributed by atoms with Crippen molar-refractivity contribution in [2.45, 2.75) is 36.9 Å². The van der Waals surface area contributed by atoms with Crippen molar-refractivity contribution in [1.29, 1.82) is 0 Å². The van der Waals surface area contributed by atoms with Crippen molar-refractivity contribution in [2.24, 2.45) is 7.05 Å². The van der Waals surface area contributed by atoms with Gasteiger partial charge in [0.1, 0.15) is 17.2 Å². The Kier molecular flexibility index (Phi) is 4.31. The quantitative estimate of drug-likeness (QED) is 0.834. The number of anilines is 1. The topological polar surface area (TPSA) is 81.4 Å². The van der Waals surface area contributed by atoms with E-state index in [-0.39, 0.29) is 0 Å². The normalized spacial score (nSPS) is 11.0. The molecule has 0 spiro atoms. The molecule has 102 valence electrons. The Morgan fingerprint density at radius 3 is 2.74 bits per heavy atom. The second-order valence-electron chi connectivity index (χ2n) is 4.31. The van der Waals surface area contributed by atoms with Crippen LogP contribution in [0.2, 0.25) is 0 Å². The number of hydrogen-bond acceptors (Lipinski definition) is 7. The SMILES string of the molecule is CCNc1ncnc(Sc2nnnn2C)c1C(C)C. The van der Waals surface area contributed by atoms with Gasteiger partial charge < -0.3 is 5.32 Å². The van der Waals surface area contributed by atoms with Gasteiger partial charge >= 0.3 is 0 Å². The molecule has 0 aliphatic heterocycles. The molecule has 0 bridgehead atoms. The number of rotatable bonds is 5. The van der Waals surface area contributed by atoms with Gasteiger partial charge in [0, 0.05) is 19.2 Å². The number of nitrogens with zero attached hydrogens (tertiary/aromatic N) is 6. The molecule has 0 aliphatic rings. The van der Waals surface area contributed by atoms with Crippen LogP contribution in [0.25, 0.3) is 0 Å². The van der Waals surface area contributed by atoms with E-state index in [1.807, 2.05) is 14.0 Å².